The van der Waals surface area contributed by atoms with Gasteiger partial charge in [0.15, 0.2) is 0 Å². The largest absolute Gasteiger partial charge is 0.461 e. The molecule has 1 aliphatic heterocycles. The number of hydrogen-bond donors (Lipinski definition) is 0. The smallest absolute Gasteiger partial charge is 0.309 e. The summed E-state index contributed by atoms with van der Waals surface area (Å²) in [6, 6.07) is 9.88. The van der Waals surface area contributed by atoms with E-state index in [1.54, 1.807) is 0 Å². The van der Waals surface area contributed by atoms with E-state index in [-0.39, 0.29) is 11.9 Å². The van der Waals surface area contributed by atoms with Gasteiger partial charge in [0, 0.05) is 36.0 Å². The lowest BCUT2D eigenvalue weighted by Gasteiger charge is -2.26. The van der Waals surface area contributed by atoms with E-state index >= 15 is 0 Å². The highest BCUT2D eigenvalue weighted by atomic mass is 127. The number of nitrogens with zero attached hydrogens (tertiary/aromatic N) is 1. The molecule has 21 heavy (non-hydrogen) atoms. The van der Waals surface area contributed by atoms with Gasteiger partial charge in [0.05, 0.1) is 5.92 Å². The average Bonchev–Trinajstić information content (AvgIpc) is 2.67. The van der Waals surface area contributed by atoms with Gasteiger partial charge in [-0.1, -0.05) is 44.2 Å². The fourth-order valence-electron chi connectivity index (χ4n) is 3.02. The van der Waals surface area contributed by atoms with Gasteiger partial charge in [-0.3, -0.25) is 4.79 Å². The van der Waals surface area contributed by atoms with Gasteiger partial charge in [-0.15, -0.1) is 0 Å². The summed E-state index contributed by atoms with van der Waals surface area (Å²) in [7, 11) is 0. The Hall–Kier alpha value is -0.620. The van der Waals surface area contributed by atoms with Crippen molar-refractivity contribution in [1.82, 2.24) is 3.11 Å². The summed E-state index contributed by atoms with van der Waals surface area (Å²) < 4.78 is 7.83. The molecule has 3 unspecified atom stereocenters. The zero-order chi connectivity index (χ0) is 15.2. The quantitative estimate of drug-likeness (QED) is 0.433. The summed E-state index contributed by atoms with van der Waals surface area (Å²) in [5, 5.41) is 0. The monoisotopic (exact) mass is 401 g/mol. The zero-order valence-corrected chi connectivity index (χ0v) is 15.0. The first-order valence-corrected chi connectivity index (χ1v) is 8.65. The second-order valence-electron chi connectivity index (χ2n) is 6.01. The van der Waals surface area contributed by atoms with Gasteiger partial charge in [-0.2, -0.15) is 0 Å². The molecule has 1 aromatic rings. The lowest BCUT2D eigenvalue weighted by molar-refractivity contribution is -0.152. The van der Waals surface area contributed by atoms with Gasteiger partial charge in [0.25, 0.3) is 0 Å². The van der Waals surface area contributed by atoms with Crippen LogP contribution in [-0.4, -0.2) is 22.2 Å². The molecule has 1 aliphatic rings. The van der Waals surface area contributed by atoms with Crippen molar-refractivity contribution in [3.63, 3.8) is 0 Å². The second kappa shape index (κ2) is 8.13. The maximum absolute atomic E-state index is 12.3. The van der Waals surface area contributed by atoms with Gasteiger partial charge < -0.3 is 4.74 Å². The minimum atomic E-state index is -0.0578. The molecule has 4 heteroatoms. The van der Waals surface area contributed by atoms with Crippen LogP contribution < -0.4 is 0 Å². The average molecular weight is 401 g/mol. The third kappa shape index (κ3) is 4.95. The Labute approximate surface area is 141 Å². The molecular weight excluding hydrogens is 377 g/mol. The molecule has 1 heterocycles. The molecule has 0 saturated carbocycles. The first-order valence-electron chi connectivity index (χ1n) is 7.69. The normalized spacial score (nSPS) is 25.1. The van der Waals surface area contributed by atoms with Crippen LogP contribution in [0, 0.1) is 17.8 Å². The van der Waals surface area contributed by atoms with Gasteiger partial charge in [0.1, 0.15) is 6.61 Å². The number of carbonyl (C=O) groups is 1. The highest BCUT2D eigenvalue weighted by molar-refractivity contribution is 14.1. The number of hydrogen-bond acceptors (Lipinski definition) is 3. The summed E-state index contributed by atoms with van der Waals surface area (Å²) in [6.45, 7) is 6.85. The molecule has 0 radical (unpaired) electrons. The zero-order valence-electron chi connectivity index (χ0n) is 12.8. The SMILES string of the molecule is CC1CCN(I)CCC1C(C)C(=O)OCc1ccccc1. The summed E-state index contributed by atoms with van der Waals surface area (Å²) in [6.07, 6.45) is 2.23. The maximum atomic E-state index is 12.3. The van der Waals surface area contributed by atoms with E-state index in [0.29, 0.717) is 18.4 Å². The predicted molar refractivity (Wildman–Crippen MR) is 92.9 cm³/mol. The molecule has 1 fully saturated rings. The molecule has 3 nitrogen and oxygen atoms in total. The summed E-state index contributed by atoms with van der Waals surface area (Å²) >= 11 is 2.38. The summed E-state index contributed by atoms with van der Waals surface area (Å²) in [4.78, 5) is 12.3. The van der Waals surface area contributed by atoms with Crippen molar-refractivity contribution in [1.29, 1.82) is 0 Å². The standard InChI is InChI=1S/C17H24INO2/c1-13-8-10-19(18)11-9-16(13)14(2)17(20)21-12-15-6-4-3-5-7-15/h3-7,13-14,16H,8-12H2,1-2H3. The van der Waals surface area contributed by atoms with E-state index in [9.17, 15) is 4.79 Å². The Kier molecular flexibility index (Phi) is 6.48. The van der Waals surface area contributed by atoms with Crippen molar-refractivity contribution in [2.75, 3.05) is 13.1 Å². The Balaban J connectivity index is 1.89. The van der Waals surface area contributed by atoms with Crippen LogP contribution in [0.25, 0.3) is 0 Å². The molecule has 0 aromatic heterocycles. The fraction of sp³-hybridized carbons (Fsp3) is 0.588. The number of halogens is 1. The van der Waals surface area contributed by atoms with Crippen LogP contribution in [-0.2, 0) is 16.1 Å². The van der Waals surface area contributed by atoms with E-state index in [1.807, 2.05) is 37.3 Å². The van der Waals surface area contributed by atoms with E-state index in [2.05, 4.69) is 32.9 Å². The molecule has 116 valence electrons. The second-order valence-corrected chi connectivity index (χ2v) is 7.37. The first kappa shape index (κ1) is 16.7. The van der Waals surface area contributed by atoms with Gasteiger partial charge in [-0.25, -0.2) is 3.11 Å². The molecular formula is C17H24INO2. The molecule has 3 atom stereocenters. The molecule has 0 aliphatic carbocycles. The minimum absolute atomic E-state index is 0.0217. The van der Waals surface area contributed by atoms with Gasteiger partial charge in [-0.05, 0) is 30.2 Å². The van der Waals surface area contributed by atoms with Crippen molar-refractivity contribution >= 4 is 28.8 Å². The third-order valence-electron chi connectivity index (χ3n) is 4.50. The predicted octanol–water partition coefficient (Wildman–Crippen LogP) is 4.06. The Morgan fingerprint density at radius 2 is 2.00 bits per heavy atom. The van der Waals surface area contributed by atoms with Crippen LogP contribution in [0.4, 0.5) is 0 Å². The topological polar surface area (TPSA) is 29.5 Å². The lowest BCUT2D eigenvalue weighted by Crippen LogP contribution is -2.28. The van der Waals surface area contributed by atoms with E-state index in [4.69, 9.17) is 4.74 Å². The maximum Gasteiger partial charge on any atom is 0.309 e. The molecule has 0 spiro atoms. The third-order valence-corrected chi connectivity index (χ3v) is 5.47. The van der Waals surface area contributed by atoms with Crippen molar-refractivity contribution < 1.29 is 9.53 Å². The van der Waals surface area contributed by atoms with Gasteiger partial charge >= 0.3 is 5.97 Å². The highest BCUT2D eigenvalue weighted by Gasteiger charge is 2.31. The molecule has 1 saturated heterocycles. The number of rotatable bonds is 4. The molecule has 2 rings (SSSR count). The van der Waals surface area contributed by atoms with Crippen LogP contribution in [0.5, 0.6) is 0 Å². The van der Waals surface area contributed by atoms with Gasteiger partial charge in [0.2, 0.25) is 0 Å². The molecule has 0 bridgehead atoms. The van der Waals surface area contributed by atoms with E-state index in [0.717, 1.165) is 31.5 Å². The van der Waals surface area contributed by atoms with Crippen LogP contribution >= 0.6 is 22.9 Å². The highest BCUT2D eigenvalue weighted by Crippen LogP contribution is 2.32. The van der Waals surface area contributed by atoms with Crippen LogP contribution in [0.3, 0.4) is 0 Å². The number of esters is 1. The van der Waals surface area contributed by atoms with Crippen molar-refractivity contribution in [2.45, 2.75) is 33.3 Å². The van der Waals surface area contributed by atoms with Crippen LogP contribution in [0.15, 0.2) is 30.3 Å². The van der Waals surface area contributed by atoms with Crippen molar-refractivity contribution in [3.8, 4) is 0 Å². The number of ether oxygens (including phenoxy) is 1. The Morgan fingerprint density at radius 1 is 1.33 bits per heavy atom. The molecule has 1 aromatic carbocycles. The molecule has 0 amide bonds. The molecule has 0 N–H and O–H groups in total. The summed E-state index contributed by atoms with van der Waals surface area (Å²) in [5.74, 6) is 0.918. The van der Waals surface area contributed by atoms with Crippen LogP contribution in [0.2, 0.25) is 0 Å². The number of benzene rings is 1. The number of carbonyl (C=O) groups excluding carboxylic acids is 1. The minimum Gasteiger partial charge on any atom is -0.461 e. The van der Waals surface area contributed by atoms with E-state index in [1.165, 1.54) is 0 Å². The summed E-state index contributed by atoms with van der Waals surface area (Å²) in [5.41, 5.74) is 1.05. The Morgan fingerprint density at radius 3 is 2.71 bits per heavy atom. The first-order chi connectivity index (χ1) is 10.1. The van der Waals surface area contributed by atoms with Crippen molar-refractivity contribution in [3.05, 3.63) is 35.9 Å². The van der Waals surface area contributed by atoms with E-state index < -0.39 is 0 Å². The fourth-order valence-corrected chi connectivity index (χ4v) is 3.58. The Bertz CT molecular complexity index is 451. The van der Waals surface area contributed by atoms with Crippen LogP contribution in [0.1, 0.15) is 32.3 Å². The van der Waals surface area contributed by atoms with Crippen molar-refractivity contribution in [2.24, 2.45) is 17.8 Å². The lowest BCUT2D eigenvalue weighted by atomic mass is 9.80.